The van der Waals surface area contributed by atoms with Gasteiger partial charge < -0.3 is 15.2 Å². The first-order valence-corrected chi connectivity index (χ1v) is 5.29. The Hall–Kier alpha value is -1.06. The van der Waals surface area contributed by atoms with E-state index in [0.29, 0.717) is 0 Å². The van der Waals surface area contributed by atoms with Crippen LogP contribution in [0.5, 0.6) is 0 Å². The average Bonchev–Trinajstić information content (AvgIpc) is 2.26. The highest BCUT2D eigenvalue weighted by molar-refractivity contribution is 5.53. The Morgan fingerprint density at radius 2 is 1.87 bits per heavy atom. The van der Waals surface area contributed by atoms with Gasteiger partial charge >= 0.3 is 0 Å². The SMILES string of the molecule is Cc1ccc(N)c(C)c1C1OCCCO1. The van der Waals surface area contributed by atoms with Gasteiger partial charge in [0.25, 0.3) is 0 Å². The summed E-state index contributed by atoms with van der Waals surface area (Å²) in [6, 6.07) is 3.94. The molecule has 0 aromatic heterocycles. The van der Waals surface area contributed by atoms with E-state index in [4.69, 9.17) is 15.2 Å². The number of nitrogen functional groups attached to an aromatic ring is 1. The molecular formula is C12H17NO2. The van der Waals surface area contributed by atoms with Crippen LogP contribution in [-0.4, -0.2) is 13.2 Å². The fourth-order valence-corrected chi connectivity index (χ4v) is 1.90. The van der Waals surface area contributed by atoms with Crippen LogP contribution in [0.1, 0.15) is 29.4 Å². The van der Waals surface area contributed by atoms with Crippen molar-refractivity contribution in [2.45, 2.75) is 26.6 Å². The van der Waals surface area contributed by atoms with Gasteiger partial charge in [0.05, 0.1) is 13.2 Å². The number of ether oxygens (including phenoxy) is 2. The number of nitrogens with two attached hydrogens (primary N) is 1. The fraction of sp³-hybridized carbons (Fsp3) is 0.500. The van der Waals surface area contributed by atoms with Crippen LogP contribution < -0.4 is 5.73 Å². The minimum absolute atomic E-state index is 0.234. The smallest absolute Gasteiger partial charge is 0.184 e. The third-order valence-corrected chi connectivity index (χ3v) is 2.84. The second-order valence-corrected chi connectivity index (χ2v) is 3.94. The van der Waals surface area contributed by atoms with Crippen molar-refractivity contribution in [3.05, 3.63) is 28.8 Å². The highest BCUT2D eigenvalue weighted by Crippen LogP contribution is 2.31. The van der Waals surface area contributed by atoms with Gasteiger partial charge in [-0.1, -0.05) is 6.07 Å². The van der Waals surface area contributed by atoms with Gasteiger partial charge in [-0.15, -0.1) is 0 Å². The van der Waals surface area contributed by atoms with E-state index in [2.05, 4.69) is 6.92 Å². The molecule has 0 radical (unpaired) electrons. The predicted molar refractivity (Wildman–Crippen MR) is 59.6 cm³/mol. The molecule has 0 amide bonds. The van der Waals surface area contributed by atoms with Gasteiger partial charge in [-0.25, -0.2) is 0 Å². The van der Waals surface area contributed by atoms with Gasteiger partial charge in [0.1, 0.15) is 0 Å². The summed E-state index contributed by atoms with van der Waals surface area (Å²) in [5.41, 5.74) is 10.0. The van der Waals surface area contributed by atoms with Crippen LogP contribution in [0, 0.1) is 13.8 Å². The summed E-state index contributed by atoms with van der Waals surface area (Å²) in [6.45, 7) is 5.60. The largest absolute Gasteiger partial charge is 0.399 e. The molecule has 82 valence electrons. The van der Waals surface area contributed by atoms with Crippen LogP contribution >= 0.6 is 0 Å². The van der Waals surface area contributed by atoms with E-state index in [-0.39, 0.29) is 6.29 Å². The molecule has 0 unspecified atom stereocenters. The van der Waals surface area contributed by atoms with E-state index in [1.54, 1.807) is 0 Å². The van der Waals surface area contributed by atoms with Crippen LogP contribution in [0.3, 0.4) is 0 Å². The van der Waals surface area contributed by atoms with Crippen LogP contribution in [0.15, 0.2) is 12.1 Å². The molecule has 0 spiro atoms. The van der Waals surface area contributed by atoms with E-state index in [1.165, 1.54) is 5.56 Å². The van der Waals surface area contributed by atoms with Gasteiger partial charge in [-0.05, 0) is 37.5 Å². The molecule has 0 atom stereocenters. The summed E-state index contributed by atoms with van der Waals surface area (Å²) in [5.74, 6) is 0. The van der Waals surface area contributed by atoms with Gasteiger partial charge in [0.2, 0.25) is 0 Å². The van der Waals surface area contributed by atoms with E-state index < -0.39 is 0 Å². The Morgan fingerprint density at radius 3 is 2.53 bits per heavy atom. The molecule has 1 aromatic carbocycles. The zero-order valence-electron chi connectivity index (χ0n) is 9.25. The molecule has 1 aliphatic heterocycles. The van der Waals surface area contributed by atoms with Crippen LogP contribution in [0.2, 0.25) is 0 Å². The molecular weight excluding hydrogens is 190 g/mol. The molecule has 1 aromatic rings. The van der Waals surface area contributed by atoms with Gasteiger partial charge in [-0.3, -0.25) is 0 Å². The Labute approximate surface area is 90.2 Å². The lowest BCUT2D eigenvalue weighted by Crippen LogP contribution is -2.19. The van der Waals surface area contributed by atoms with E-state index in [0.717, 1.165) is 36.4 Å². The Kier molecular flexibility index (Phi) is 2.93. The number of hydrogen-bond donors (Lipinski definition) is 1. The quantitative estimate of drug-likeness (QED) is 0.719. The molecule has 0 bridgehead atoms. The minimum Gasteiger partial charge on any atom is -0.399 e. The maximum absolute atomic E-state index is 5.89. The van der Waals surface area contributed by atoms with Crippen molar-refractivity contribution in [1.82, 2.24) is 0 Å². The molecule has 2 rings (SSSR count). The number of hydrogen-bond acceptors (Lipinski definition) is 3. The highest BCUT2D eigenvalue weighted by atomic mass is 16.7. The molecule has 1 heterocycles. The number of anilines is 1. The summed E-state index contributed by atoms with van der Waals surface area (Å²) >= 11 is 0. The van der Waals surface area contributed by atoms with Crippen molar-refractivity contribution in [2.75, 3.05) is 18.9 Å². The van der Waals surface area contributed by atoms with E-state index in [9.17, 15) is 0 Å². The standard InChI is InChI=1S/C12H17NO2/c1-8-4-5-10(13)9(2)11(8)12-14-6-3-7-15-12/h4-5,12H,3,6-7,13H2,1-2H3. The summed E-state index contributed by atoms with van der Waals surface area (Å²) in [4.78, 5) is 0. The van der Waals surface area contributed by atoms with Crippen molar-refractivity contribution in [2.24, 2.45) is 0 Å². The third-order valence-electron chi connectivity index (χ3n) is 2.84. The predicted octanol–water partition coefficient (Wildman–Crippen LogP) is 2.32. The first kappa shape index (κ1) is 10.5. The van der Waals surface area contributed by atoms with Gasteiger partial charge in [-0.2, -0.15) is 0 Å². The summed E-state index contributed by atoms with van der Waals surface area (Å²) in [6.07, 6.45) is 0.735. The van der Waals surface area contributed by atoms with Gasteiger partial charge in [0.15, 0.2) is 6.29 Å². The second-order valence-electron chi connectivity index (χ2n) is 3.94. The van der Waals surface area contributed by atoms with Crippen molar-refractivity contribution in [1.29, 1.82) is 0 Å². The molecule has 1 fully saturated rings. The van der Waals surface area contributed by atoms with E-state index >= 15 is 0 Å². The second kappa shape index (κ2) is 4.21. The fourth-order valence-electron chi connectivity index (χ4n) is 1.90. The summed E-state index contributed by atoms with van der Waals surface area (Å²) in [7, 11) is 0. The Morgan fingerprint density at radius 1 is 1.20 bits per heavy atom. The van der Waals surface area contributed by atoms with Crippen molar-refractivity contribution in [3.63, 3.8) is 0 Å². The lowest BCUT2D eigenvalue weighted by atomic mass is 10.0. The Bertz CT molecular complexity index is 357. The zero-order chi connectivity index (χ0) is 10.8. The molecule has 2 N–H and O–H groups in total. The lowest BCUT2D eigenvalue weighted by Gasteiger charge is -2.26. The topological polar surface area (TPSA) is 44.5 Å². The van der Waals surface area contributed by atoms with E-state index in [1.807, 2.05) is 19.1 Å². The third kappa shape index (κ3) is 1.98. The first-order valence-electron chi connectivity index (χ1n) is 5.29. The molecule has 15 heavy (non-hydrogen) atoms. The van der Waals surface area contributed by atoms with Crippen LogP contribution in [0.4, 0.5) is 5.69 Å². The zero-order valence-corrected chi connectivity index (χ0v) is 9.25. The number of rotatable bonds is 1. The minimum atomic E-state index is -0.234. The molecule has 0 saturated carbocycles. The molecule has 3 nitrogen and oxygen atoms in total. The Balaban J connectivity index is 2.36. The highest BCUT2D eigenvalue weighted by Gasteiger charge is 2.21. The number of aryl methyl sites for hydroxylation is 1. The molecule has 1 aliphatic rings. The number of benzene rings is 1. The van der Waals surface area contributed by atoms with Crippen molar-refractivity contribution in [3.8, 4) is 0 Å². The molecule has 0 aliphatic carbocycles. The van der Waals surface area contributed by atoms with Gasteiger partial charge in [0, 0.05) is 11.3 Å². The summed E-state index contributed by atoms with van der Waals surface area (Å²) < 4.78 is 11.2. The van der Waals surface area contributed by atoms with Crippen LogP contribution in [0.25, 0.3) is 0 Å². The van der Waals surface area contributed by atoms with Crippen molar-refractivity contribution >= 4 is 5.69 Å². The average molecular weight is 207 g/mol. The maximum atomic E-state index is 5.89. The molecule has 1 saturated heterocycles. The van der Waals surface area contributed by atoms with Crippen LogP contribution in [-0.2, 0) is 9.47 Å². The lowest BCUT2D eigenvalue weighted by molar-refractivity contribution is -0.183. The first-order chi connectivity index (χ1) is 7.20. The molecule has 3 heteroatoms. The normalized spacial score (nSPS) is 18.0. The maximum Gasteiger partial charge on any atom is 0.184 e. The monoisotopic (exact) mass is 207 g/mol. The summed E-state index contributed by atoms with van der Waals surface area (Å²) in [5, 5.41) is 0. The van der Waals surface area contributed by atoms with Crippen molar-refractivity contribution < 1.29 is 9.47 Å².